The first kappa shape index (κ1) is 13.0. The van der Waals surface area contributed by atoms with Gasteiger partial charge in [-0.15, -0.1) is 0 Å². The number of rotatable bonds is 6. The highest BCUT2D eigenvalue weighted by Gasteiger charge is 2.25. The first-order valence-corrected chi connectivity index (χ1v) is 6.48. The van der Waals surface area contributed by atoms with Crippen molar-refractivity contribution < 1.29 is 9.90 Å². The summed E-state index contributed by atoms with van der Waals surface area (Å²) in [6, 6.07) is 3.93. The predicted molar refractivity (Wildman–Crippen MR) is 69.5 cm³/mol. The van der Waals surface area contributed by atoms with Crippen molar-refractivity contribution in [1.82, 2.24) is 9.88 Å². The van der Waals surface area contributed by atoms with Crippen LogP contribution in [0.25, 0.3) is 0 Å². The maximum Gasteiger partial charge on any atom is 0.337 e. The molecule has 1 aliphatic carbocycles. The van der Waals surface area contributed by atoms with Gasteiger partial charge in [0.15, 0.2) is 0 Å². The zero-order valence-electron chi connectivity index (χ0n) is 11.0. The van der Waals surface area contributed by atoms with Gasteiger partial charge in [0.2, 0.25) is 0 Å². The second-order valence-corrected chi connectivity index (χ2v) is 5.31. The predicted octanol–water partition coefficient (Wildman–Crippen LogP) is 2.40. The van der Waals surface area contributed by atoms with Gasteiger partial charge in [-0.1, -0.05) is 0 Å². The van der Waals surface area contributed by atoms with Gasteiger partial charge in [0.05, 0.1) is 11.3 Å². The molecule has 1 fully saturated rings. The van der Waals surface area contributed by atoms with Crippen LogP contribution in [0.5, 0.6) is 0 Å². The largest absolute Gasteiger partial charge is 0.478 e. The number of carboxylic acid groups (broad SMARTS) is 1. The highest BCUT2D eigenvalue weighted by atomic mass is 16.4. The molecule has 4 nitrogen and oxygen atoms in total. The number of hydrogen-bond donors (Lipinski definition) is 1. The van der Waals surface area contributed by atoms with Crippen LogP contribution in [0.3, 0.4) is 0 Å². The molecule has 0 aromatic carbocycles. The summed E-state index contributed by atoms with van der Waals surface area (Å²) in [7, 11) is 0. The Labute approximate surface area is 108 Å². The van der Waals surface area contributed by atoms with Crippen LogP contribution < -0.4 is 0 Å². The molecule has 0 spiro atoms. The first-order valence-electron chi connectivity index (χ1n) is 6.48. The Morgan fingerprint density at radius 2 is 2.22 bits per heavy atom. The fraction of sp³-hybridized carbons (Fsp3) is 0.571. The molecule has 1 aromatic rings. The zero-order chi connectivity index (χ0) is 13.1. The Kier molecular flexibility index (Phi) is 3.97. The van der Waals surface area contributed by atoms with Crippen molar-refractivity contribution in [3.8, 4) is 0 Å². The first-order chi connectivity index (χ1) is 8.56. The molecule has 0 atom stereocenters. The van der Waals surface area contributed by atoms with Crippen LogP contribution in [-0.2, 0) is 6.54 Å². The zero-order valence-corrected chi connectivity index (χ0v) is 11.0. The van der Waals surface area contributed by atoms with Gasteiger partial charge < -0.3 is 5.11 Å². The number of aromatic nitrogens is 1. The van der Waals surface area contributed by atoms with Crippen LogP contribution in [0.15, 0.2) is 18.3 Å². The van der Waals surface area contributed by atoms with Gasteiger partial charge in [0.1, 0.15) is 0 Å². The van der Waals surface area contributed by atoms with Crippen molar-refractivity contribution >= 4 is 5.97 Å². The fourth-order valence-electron chi connectivity index (χ4n) is 1.94. The molecule has 2 rings (SSSR count). The summed E-state index contributed by atoms with van der Waals surface area (Å²) in [5.74, 6) is -0.0709. The quantitative estimate of drug-likeness (QED) is 0.840. The maximum atomic E-state index is 10.7. The topological polar surface area (TPSA) is 53.4 Å². The smallest absolute Gasteiger partial charge is 0.337 e. The molecule has 1 heterocycles. The monoisotopic (exact) mass is 248 g/mol. The van der Waals surface area contributed by atoms with Crippen LogP contribution in [0.4, 0.5) is 0 Å². The van der Waals surface area contributed by atoms with E-state index in [1.54, 1.807) is 6.07 Å². The van der Waals surface area contributed by atoms with E-state index in [1.165, 1.54) is 19.0 Å². The molecule has 4 heteroatoms. The van der Waals surface area contributed by atoms with E-state index in [0.29, 0.717) is 6.04 Å². The van der Waals surface area contributed by atoms with E-state index >= 15 is 0 Å². The summed E-state index contributed by atoms with van der Waals surface area (Å²) >= 11 is 0. The lowest BCUT2D eigenvalue weighted by molar-refractivity contribution is 0.0696. The molecule has 0 bridgehead atoms. The molecule has 0 amide bonds. The van der Waals surface area contributed by atoms with Crippen LogP contribution in [0, 0.1) is 5.92 Å². The van der Waals surface area contributed by atoms with Gasteiger partial charge >= 0.3 is 5.97 Å². The lowest BCUT2D eigenvalue weighted by Crippen LogP contribution is -2.32. The third-order valence-electron chi connectivity index (χ3n) is 3.36. The minimum atomic E-state index is -0.923. The molecular formula is C14H20N2O2. The van der Waals surface area contributed by atoms with Crippen molar-refractivity contribution in [2.45, 2.75) is 39.3 Å². The normalized spacial score (nSPS) is 15.3. The number of carboxylic acids is 1. The highest BCUT2D eigenvalue weighted by Crippen LogP contribution is 2.30. The van der Waals surface area contributed by atoms with E-state index in [2.05, 4.69) is 23.7 Å². The molecule has 0 unspecified atom stereocenters. The van der Waals surface area contributed by atoms with Gasteiger partial charge in [-0.25, -0.2) is 4.79 Å². The number of hydrogen-bond acceptors (Lipinski definition) is 3. The molecule has 18 heavy (non-hydrogen) atoms. The van der Waals surface area contributed by atoms with Gasteiger partial charge in [0, 0.05) is 25.3 Å². The molecule has 1 aromatic heterocycles. The summed E-state index contributed by atoms with van der Waals surface area (Å²) < 4.78 is 0. The highest BCUT2D eigenvalue weighted by molar-refractivity contribution is 5.87. The summed E-state index contributed by atoms with van der Waals surface area (Å²) in [5.41, 5.74) is 1.19. The fourth-order valence-corrected chi connectivity index (χ4v) is 1.94. The average Bonchev–Trinajstić information content (AvgIpc) is 3.12. The van der Waals surface area contributed by atoms with Gasteiger partial charge in [0.25, 0.3) is 0 Å². The molecule has 98 valence electrons. The van der Waals surface area contributed by atoms with Crippen LogP contribution in [-0.4, -0.2) is 33.5 Å². The van der Waals surface area contributed by atoms with E-state index in [9.17, 15) is 4.79 Å². The van der Waals surface area contributed by atoms with Gasteiger partial charge in [-0.3, -0.25) is 9.88 Å². The molecule has 0 radical (unpaired) electrons. The molecule has 1 aliphatic rings. The molecule has 1 N–H and O–H groups in total. The Balaban J connectivity index is 1.98. The Hall–Kier alpha value is -1.42. The SMILES string of the molecule is CC(C)N(Cc1ccc(C(=O)O)cn1)CC1CC1. The van der Waals surface area contributed by atoms with Gasteiger partial charge in [-0.05, 0) is 44.7 Å². The number of aromatic carboxylic acids is 1. The standard InChI is InChI=1S/C14H20N2O2/c1-10(2)16(8-11-3-4-11)9-13-6-5-12(7-15-13)14(17)18/h5-7,10-11H,3-4,8-9H2,1-2H3,(H,17,18). The summed E-state index contributed by atoms with van der Waals surface area (Å²) in [5, 5.41) is 8.82. The maximum absolute atomic E-state index is 10.7. The molecule has 0 saturated heterocycles. The molecule has 0 aliphatic heterocycles. The van der Waals surface area contributed by atoms with E-state index in [-0.39, 0.29) is 5.56 Å². The van der Waals surface area contributed by atoms with Crippen molar-refractivity contribution in [2.24, 2.45) is 5.92 Å². The van der Waals surface area contributed by atoms with Crippen LogP contribution in [0.1, 0.15) is 42.7 Å². The third kappa shape index (κ3) is 3.53. The van der Waals surface area contributed by atoms with Crippen LogP contribution in [0.2, 0.25) is 0 Å². The average molecular weight is 248 g/mol. The second kappa shape index (κ2) is 5.48. The van der Waals surface area contributed by atoms with Crippen molar-refractivity contribution in [1.29, 1.82) is 0 Å². The minimum absolute atomic E-state index is 0.247. The number of carbonyl (C=O) groups is 1. The van der Waals surface area contributed by atoms with E-state index in [0.717, 1.165) is 24.7 Å². The summed E-state index contributed by atoms with van der Waals surface area (Å²) in [6.45, 7) is 6.30. The van der Waals surface area contributed by atoms with Crippen molar-refractivity contribution in [3.63, 3.8) is 0 Å². The second-order valence-electron chi connectivity index (χ2n) is 5.31. The Morgan fingerprint density at radius 1 is 1.50 bits per heavy atom. The molecular weight excluding hydrogens is 228 g/mol. The van der Waals surface area contributed by atoms with Crippen LogP contribution >= 0.6 is 0 Å². The third-order valence-corrected chi connectivity index (χ3v) is 3.36. The van der Waals surface area contributed by atoms with Gasteiger partial charge in [-0.2, -0.15) is 0 Å². The minimum Gasteiger partial charge on any atom is -0.478 e. The number of nitrogens with zero attached hydrogens (tertiary/aromatic N) is 2. The summed E-state index contributed by atoms with van der Waals surface area (Å²) in [4.78, 5) is 17.4. The van der Waals surface area contributed by atoms with Crippen molar-refractivity contribution in [2.75, 3.05) is 6.54 Å². The van der Waals surface area contributed by atoms with E-state index in [4.69, 9.17) is 5.11 Å². The van der Waals surface area contributed by atoms with Crippen molar-refractivity contribution in [3.05, 3.63) is 29.6 Å². The Bertz CT molecular complexity index is 410. The summed E-state index contributed by atoms with van der Waals surface area (Å²) in [6.07, 6.45) is 4.12. The molecule has 1 saturated carbocycles. The lowest BCUT2D eigenvalue weighted by atomic mass is 10.2. The Morgan fingerprint density at radius 3 is 2.67 bits per heavy atom. The van der Waals surface area contributed by atoms with E-state index < -0.39 is 5.97 Å². The van der Waals surface area contributed by atoms with E-state index in [1.807, 2.05) is 6.07 Å². The lowest BCUT2D eigenvalue weighted by Gasteiger charge is -2.26. The number of pyridine rings is 1.